The van der Waals surface area contributed by atoms with Crippen LogP contribution in [-0.4, -0.2) is 25.1 Å². The molecule has 1 N–H and O–H groups in total. The van der Waals surface area contributed by atoms with E-state index in [-0.39, 0.29) is 5.91 Å². The van der Waals surface area contributed by atoms with Crippen molar-refractivity contribution in [3.8, 4) is 23.0 Å². The lowest BCUT2D eigenvalue weighted by molar-refractivity contribution is 0.102. The van der Waals surface area contributed by atoms with Gasteiger partial charge in [-0.05, 0) is 67.4 Å². The van der Waals surface area contributed by atoms with Gasteiger partial charge in [-0.15, -0.1) is 0 Å². The summed E-state index contributed by atoms with van der Waals surface area (Å²) in [6.45, 7) is 3.95. The number of carbonyl (C=O) groups excluding carboxylic acids is 1. The van der Waals surface area contributed by atoms with Crippen LogP contribution in [0, 0.1) is 13.8 Å². The number of ether oxygens (including phenoxy) is 2. The second-order valence-corrected chi connectivity index (χ2v) is 7.04. The van der Waals surface area contributed by atoms with E-state index in [0.29, 0.717) is 28.6 Å². The second kappa shape index (κ2) is 7.91. The van der Waals surface area contributed by atoms with E-state index in [2.05, 4.69) is 10.3 Å². The van der Waals surface area contributed by atoms with Gasteiger partial charge in [0.15, 0.2) is 17.1 Å². The predicted octanol–water partition coefficient (Wildman–Crippen LogP) is 5.38. The van der Waals surface area contributed by atoms with Gasteiger partial charge in [0.25, 0.3) is 5.91 Å². The Morgan fingerprint density at radius 3 is 2.50 bits per heavy atom. The maximum atomic E-state index is 12.8. The quantitative estimate of drug-likeness (QED) is 0.485. The van der Waals surface area contributed by atoms with Gasteiger partial charge in [0.1, 0.15) is 5.52 Å². The van der Waals surface area contributed by atoms with Crippen molar-refractivity contribution < 1.29 is 18.7 Å². The van der Waals surface area contributed by atoms with Crippen LogP contribution in [0.3, 0.4) is 0 Å². The van der Waals surface area contributed by atoms with Crippen molar-refractivity contribution in [2.75, 3.05) is 19.5 Å². The van der Waals surface area contributed by atoms with Gasteiger partial charge in [0, 0.05) is 16.8 Å². The van der Waals surface area contributed by atoms with Crippen molar-refractivity contribution in [2.45, 2.75) is 13.8 Å². The third kappa shape index (κ3) is 3.72. The third-order valence-electron chi connectivity index (χ3n) is 4.92. The molecule has 0 unspecified atom stereocenters. The normalized spacial score (nSPS) is 10.8. The highest BCUT2D eigenvalue weighted by molar-refractivity contribution is 6.05. The Morgan fingerprint density at radius 2 is 1.73 bits per heavy atom. The molecule has 1 aromatic heterocycles. The van der Waals surface area contributed by atoms with E-state index in [1.165, 1.54) is 7.11 Å². The van der Waals surface area contributed by atoms with E-state index in [4.69, 9.17) is 13.9 Å². The maximum Gasteiger partial charge on any atom is 0.255 e. The number of nitrogens with one attached hydrogen (secondary N) is 1. The molecular formula is C24H22N2O4. The zero-order valence-electron chi connectivity index (χ0n) is 17.3. The second-order valence-electron chi connectivity index (χ2n) is 7.04. The van der Waals surface area contributed by atoms with Crippen LogP contribution in [0.4, 0.5) is 5.69 Å². The number of amides is 1. The number of fused-ring (bicyclic) bond motifs is 1. The average Bonchev–Trinajstić information content (AvgIpc) is 3.17. The van der Waals surface area contributed by atoms with Crippen LogP contribution in [0.25, 0.3) is 22.6 Å². The molecule has 152 valence electrons. The van der Waals surface area contributed by atoms with Gasteiger partial charge < -0.3 is 19.2 Å². The molecule has 6 nitrogen and oxygen atoms in total. The molecule has 0 saturated carbocycles. The summed E-state index contributed by atoms with van der Waals surface area (Å²) >= 11 is 0. The number of aromatic nitrogens is 1. The third-order valence-corrected chi connectivity index (χ3v) is 4.92. The number of oxazole rings is 1. The summed E-state index contributed by atoms with van der Waals surface area (Å²) in [6, 6.07) is 16.7. The van der Waals surface area contributed by atoms with Crippen LogP contribution in [0.5, 0.6) is 11.5 Å². The molecule has 0 aliphatic carbocycles. The number of rotatable bonds is 5. The molecular weight excluding hydrogens is 380 g/mol. The number of carbonyl (C=O) groups is 1. The van der Waals surface area contributed by atoms with Crippen LogP contribution in [0.2, 0.25) is 0 Å². The van der Waals surface area contributed by atoms with E-state index in [1.807, 2.05) is 50.2 Å². The van der Waals surface area contributed by atoms with Gasteiger partial charge >= 0.3 is 0 Å². The topological polar surface area (TPSA) is 73.6 Å². The Kier molecular flexibility index (Phi) is 5.14. The Hall–Kier alpha value is -3.80. The smallest absolute Gasteiger partial charge is 0.255 e. The molecule has 0 atom stereocenters. The van der Waals surface area contributed by atoms with Crippen molar-refractivity contribution in [1.29, 1.82) is 0 Å². The lowest BCUT2D eigenvalue weighted by atomic mass is 10.1. The highest BCUT2D eigenvalue weighted by atomic mass is 16.5. The molecule has 0 bridgehead atoms. The monoisotopic (exact) mass is 402 g/mol. The van der Waals surface area contributed by atoms with Crippen LogP contribution in [0.1, 0.15) is 21.5 Å². The van der Waals surface area contributed by atoms with Crippen molar-refractivity contribution in [2.24, 2.45) is 0 Å². The van der Waals surface area contributed by atoms with Gasteiger partial charge in [-0.2, -0.15) is 0 Å². The van der Waals surface area contributed by atoms with Crippen molar-refractivity contribution in [3.05, 3.63) is 71.3 Å². The number of hydrogen-bond acceptors (Lipinski definition) is 5. The zero-order chi connectivity index (χ0) is 21.3. The first-order valence-corrected chi connectivity index (χ1v) is 9.50. The van der Waals surface area contributed by atoms with Gasteiger partial charge in [-0.1, -0.05) is 12.1 Å². The molecule has 6 heteroatoms. The molecule has 0 aliphatic rings. The Bertz CT molecular complexity index is 1240. The van der Waals surface area contributed by atoms with Gasteiger partial charge in [-0.25, -0.2) is 4.98 Å². The highest BCUT2D eigenvalue weighted by Gasteiger charge is 2.14. The van der Waals surface area contributed by atoms with Crippen molar-refractivity contribution in [3.63, 3.8) is 0 Å². The standard InChI is InChI=1S/C24H22N2O4/c1-14-5-9-20-19(11-14)26-24(30-20)17-7-6-15(2)18(12-17)25-23(27)16-8-10-21(28-3)22(13-16)29-4/h5-13H,1-4H3,(H,25,27). The molecule has 1 amide bonds. The van der Waals surface area contributed by atoms with E-state index in [1.54, 1.807) is 25.3 Å². The number of hydrogen-bond donors (Lipinski definition) is 1. The van der Waals surface area contributed by atoms with Crippen molar-refractivity contribution >= 4 is 22.7 Å². The SMILES string of the molecule is COc1ccc(C(=O)Nc2cc(-c3nc4cc(C)ccc4o3)ccc2C)cc1OC. The maximum absolute atomic E-state index is 12.8. The van der Waals surface area contributed by atoms with Crippen molar-refractivity contribution in [1.82, 2.24) is 4.98 Å². The van der Waals surface area contributed by atoms with Crippen LogP contribution < -0.4 is 14.8 Å². The summed E-state index contributed by atoms with van der Waals surface area (Å²) in [6.07, 6.45) is 0. The van der Waals surface area contributed by atoms with Gasteiger partial charge in [0.05, 0.1) is 14.2 Å². The first-order valence-electron chi connectivity index (χ1n) is 9.50. The summed E-state index contributed by atoms with van der Waals surface area (Å²) in [4.78, 5) is 17.4. The number of benzene rings is 3. The molecule has 0 saturated heterocycles. The number of methoxy groups -OCH3 is 2. The Labute approximate surface area is 174 Å². The molecule has 0 radical (unpaired) electrons. The fraction of sp³-hybridized carbons (Fsp3) is 0.167. The van der Waals surface area contributed by atoms with Crippen LogP contribution in [0.15, 0.2) is 59.0 Å². The largest absolute Gasteiger partial charge is 0.493 e. The number of nitrogens with zero attached hydrogens (tertiary/aromatic N) is 1. The Balaban J connectivity index is 1.64. The fourth-order valence-corrected chi connectivity index (χ4v) is 3.22. The molecule has 0 fully saturated rings. The van der Waals surface area contributed by atoms with Gasteiger partial charge in [-0.3, -0.25) is 4.79 Å². The molecule has 3 aromatic carbocycles. The lowest BCUT2D eigenvalue weighted by Gasteiger charge is -2.12. The van der Waals surface area contributed by atoms with E-state index >= 15 is 0 Å². The zero-order valence-corrected chi connectivity index (χ0v) is 17.3. The minimum atomic E-state index is -0.246. The van der Waals surface area contributed by atoms with Crippen LogP contribution >= 0.6 is 0 Å². The molecule has 4 rings (SSSR count). The van der Waals surface area contributed by atoms with E-state index < -0.39 is 0 Å². The first kappa shape index (κ1) is 19.5. The minimum Gasteiger partial charge on any atom is -0.493 e. The van der Waals surface area contributed by atoms with E-state index in [9.17, 15) is 4.79 Å². The molecule has 0 spiro atoms. The minimum absolute atomic E-state index is 0.246. The summed E-state index contributed by atoms with van der Waals surface area (Å²) in [5.74, 6) is 1.33. The number of anilines is 1. The molecule has 30 heavy (non-hydrogen) atoms. The van der Waals surface area contributed by atoms with E-state index in [0.717, 1.165) is 27.8 Å². The van der Waals surface area contributed by atoms with Gasteiger partial charge in [0.2, 0.25) is 5.89 Å². The highest BCUT2D eigenvalue weighted by Crippen LogP contribution is 2.30. The predicted molar refractivity (Wildman–Crippen MR) is 116 cm³/mol. The van der Waals surface area contributed by atoms with Crippen LogP contribution in [-0.2, 0) is 0 Å². The summed E-state index contributed by atoms with van der Waals surface area (Å²) in [5.41, 5.74) is 5.53. The molecule has 0 aliphatic heterocycles. The molecule has 1 heterocycles. The lowest BCUT2D eigenvalue weighted by Crippen LogP contribution is -2.13. The average molecular weight is 402 g/mol. The summed E-state index contributed by atoms with van der Waals surface area (Å²) in [5, 5.41) is 2.96. The first-order chi connectivity index (χ1) is 14.5. The fourth-order valence-electron chi connectivity index (χ4n) is 3.22. The Morgan fingerprint density at radius 1 is 0.933 bits per heavy atom. The summed E-state index contributed by atoms with van der Waals surface area (Å²) in [7, 11) is 3.09. The summed E-state index contributed by atoms with van der Waals surface area (Å²) < 4.78 is 16.4. The number of aryl methyl sites for hydroxylation is 2. The molecule has 4 aromatic rings.